The summed E-state index contributed by atoms with van der Waals surface area (Å²) in [6.07, 6.45) is -3.66. The second-order valence-corrected chi connectivity index (χ2v) is 7.13. The normalized spacial score (nSPS) is 15.9. The maximum Gasteiger partial charge on any atom is 0.405 e. The van der Waals surface area contributed by atoms with Crippen molar-refractivity contribution in [1.82, 2.24) is 10.2 Å². The monoisotopic (exact) mass is 374 g/mol. The summed E-state index contributed by atoms with van der Waals surface area (Å²) in [6.45, 7) is 1.44. The summed E-state index contributed by atoms with van der Waals surface area (Å²) in [5, 5.41) is 1.92. The highest BCUT2D eigenvalue weighted by Crippen LogP contribution is 2.26. The molecule has 1 aliphatic heterocycles. The van der Waals surface area contributed by atoms with Crippen molar-refractivity contribution in [3.05, 3.63) is 29.8 Å². The Balaban J connectivity index is 1.91. The Morgan fingerprint density at radius 2 is 1.88 bits per heavy atom. The van der Waals surface area contributed by atoms with E-state index in [0.717, 1.165) is 10.6 Å². The molecule has 1 aromatic rings. The predicted octanol–water partition coefficient (Wildman–Crippen LogP) is 3.33. The van der Waals surface area contributed by atoms with Crippen LogP contribution in [0, 0.1) is 5.92 Å². The first kappa shape index (κ1) is 19.6. The molecule has 2 amide bonds. The number of halogens is 3. The highest BCUT2D eigenvalue weighted by Gasteiger charge is 2.32. The molecule has 4 nitrogen and oxygen atoms in total. The van der Waals surface area contributed by atoms with Crippen LogP contribution in [0.5, 0.6) is 0 Å². The fourth-order valence-corrected chi connectivity index (χ4v) is 3.57. The zero-order chi connectivity index (χ0) is 18.4. The van der Waals surface area contributed by atoms with Crippen molar-refractivity contribution >= 4 is 23.6 Å². The van der Waals surface area contributed by atoms with E-state index in [1.165, 1.54) is 0 Å². The molecule has 0 atom stereocenters. The third-order valence-corrected chi connectivity index (χ3v) is 4.99. The number of rotatable bonds is 5. The third kappa shape index (κ3) is 5.66. The van der Waals surface area contributed by atoms with Gasteiger partial charge in [0.15, 0.2) is 0 Å². The third-order valence-electron chi connectivity index (χ3n) is 4.03. The molecule has 2 rings (SSSR count). The van der Waals surface area contributed by atoms with Crippen molar-refractivity contribution in [2.24, 2.45) is 5.92 Å². The summed E-state index contributed by atoms with van der Waals surface area (Å²) in [5.74, 6) is -0.310. The quantitative estimate of drug-likeness (QED) is 0.805. The van der Waals surface area contributed by atoms with Gasteiger partial charge in [0.05, 0.1) is 5.56 Å². The molecule has 1 saturated heterocycles. The maximum atomic E-state index is 12.7. The van der Waals surface area contributed by atoms with Crippen LogP contribution in [0.15, 0.2) is 29.2 Å². The average Bonchev–Trinajstić information content (AvgIpc) is 2.59. The summed E-state index contributed by atoms with van der Waals surface area (Å²) in [4.78, 5) is 27.1. The number of hydrogen-bond acceptors (Lipinski definition) is 3. The van der Waals surface area contributed by atoms with Crippen molar-refractivity contribution in [1.29, 1.82) is 0 Å². The van der Waals surface area contributed by atoms with E-state index in [4.69, 9.17) is 0 Å². The Morgan fingerprint density at radius 1 is 1.24 bits per heavy atom. The largest absolute Gasteiger partial charge is 0.405 e. The lowest BCUT2D eigenvalue weighted by Gasteiger charge is -2.31. The van der Waals surface area contributed by atoms with E-state index in [9.17, 15) is 22.8 Å². The first-order valence-electron chi connectivity index (χ1n) is 8.17. The van der Waals surface area contributed by atoms with Gasteiger partial charge < -0.3 is 10.2 Å². The second-order valence-electron chi connectivity index (χ2n) is 5.83. The smallest absolute Gasteiger partial charge is 0.347 e. The van der Waals surface area contributed by atoms with Crippen LogP contribution >= 0.6 is 11.8 Å². The van der Waals surface area contributed by atoms with Crippen molar-refractivity contribution in [2.45, 2.75) is 30.8 Å². The summed E-state index contributed by atoms with van der Waals surface area (Å²) < 4.78 is 36.5. The van der Waals surface area contributed by atoms with Crippen molar-refractivity contribution < 1.29 is 22.8 Å². The van der Waals surface area contributed by atoms with Gasteiger partial charge >= 0.3 is 6.18 Å². The van der Waals surface area contributed by atoms with Gasteiger partial charge in [0.1, 0.15) is 6.54 Å². The summed E-state index contributed by atoms with van der Waals surface area (Å²) in [5.41, 5.74) is 0.634. The van der Waals surface area contributed by atoms with Crippen LogP contribution in [-0.2, 0) is 4.79 Å². The van der Waals surface area contributed by atoms with E-state index >= 15 is 0 Å². The van der Waals surface area contributed by atoms with E-state index in [0.29, 0.717) is 31.5 Å². The minimum Gasteiger partial charge on any atom is -0.347 e. The van der Waals surface area contributed by atoms with Crippen LogP contribution in [0.4, 0.5) is 13.2 Å². The highest BCUT2D eigenvalue weighted by molar-refractivity contribution is 7.99. The van der Waals surface area contributed by atoms with E-state index in [2.05, 4.69) is 0 Å². The van der Waals surface area contributed by atoms with Gasteiger partial charge in [0, 0.05) is 23.9 Å². The lowest BCUT2D eigenvalue weighted by Crippen LogP contribution is -2.44. The molecule has 0 aromatic heterocycles. The standard InChI is InChI=1S/C17H21F3N2O2S/c1-2-25-14-6-4-3-5-13(14)16(24)22-9-7-12(8-10-22)15(23)21-11-17(18,19)20/h3-6,12H,2,7-11H2,1H3,(H,21,23). The molecule has 138 valence electrons. The van der Waals surface area contributed by atoms with Crippen LogP contribution in [-0.4, -0.2) is 48.3 Å². The van der Waals surface area contributed by atoms with E-state index in [1.807, 2.05) is 30.4 Å². The maximum absolute atomic E-state index is 12.7. The number of carbonyl (C=O) groups excluding carboxylic acids is 2. The van der Waals surface area contributed by atoms with Crippen LogP contribution in [0.1, 0.15) is 30.1 Å². The number of nitrogens with zero attached hydrogens (tertiary/aromatic N) is 1. The molecular weight excluding hydrogens is 353 g/mol. The zero-order valence-electron chi connectivity index (χ0n) is 13.9. The number of alkyl halides is 3. The molecule has 0 saturated carbocycles. The van der Waals surface area contributed by atoms with Gasteiger partial charge in [0.2, 0.25) is 5.91 Å². The van der Waals surface area contributed by atoms with E-state index in [1.54, 1.807) is 22.7 Å². The molecule has 25 heavy (non-hydrogen) atoms. The topological polar surface area (TPSA) is 49.4 Å². The minimum atomic E-state index is -4.41. The molecular formula is C17H21F3N2O2S. The minimum absolute atomic E-state index is 0.0919. The number of thioether (sulfide) groups is 1. The lowest BCUT2D eigenvalue weighted by molar-refractivity contribution is -0.141. The van der Waals surface area contributed by atoms with Gasteiger partial charge in [-0.25, -0.2) is 0 Å². The van der Waals surface area contributed by atoms with Crippen LogP contribution < -0.4 is 5.32 Å². The van der Waals surface area contributed by atoms with Crippen molar-refractivity contribution in [3.63, 3.8) is 0 Å². The van der Waals surface area contributed by atoms with Crippen LogP contribution in [0.25, 0.3) is 0 Å². The first-order chi connectivity index (χ1) is 11.8. The number of amides is 2. The summed E-state index contributed by atoms with van der Waals surface area (Å²) in [7, 11) is 0. The number of benzene rings is 1. The summed E-state index contributed by atoms with van der Waals surface area (Å²) in [6, 6.07) is 7.37. The van der Waals surface area contributed by atoms with Gasteiger partial charge in [-0.15, -0.1) is 11.8 Å². The number of hydrogen-bond donors (Lipinski definition) is 1. The van der Waals surface area contributed by atoms with Gasteiger partial charge in [-0.2, -0.15) is 13.2 Å². The molecule has 0 bridgehead atoms. The number of piperidine rings is 1. The van der Waals surface area contributed by atoms with E-state index in [-0.39, 0.29) is 5.91 Å². The van der Waals surface area contributed by atoms with Gasteiger partial charge in [0.25, 0.3) is 5.91 Å². The van der Waals surface area contributed by atoms with Gasteiger partial charge in [-0.3, -0.25) is 9.59 Å². The molecule has 0 unspecified atom stereocenters. The van der Waals surface area contributed by atoms with Gasteiger partial charge in [-0.1, -0.05) is 19.1 Å². The Labute approximate surface area is 149 Å². The van der Waals surface area contributed by atoms with Crippen molar-refractivity contribution in [3.8, 4) is 0 Å². The Bertz CT molecular complexity index is 614. The molecule has 8 heteroatoms. The molecule has 0 aliphatic carbocycles. The predicted molar refractivity (Wildman–Crippen MR) is 90.5 cm³/mol. The fraction of sp³-hybridized carbons (Fsp3) is 0.529. The van der Waals surface area contributed by atoms with Gasteiger partial charge in [-0.05, 0) is 30.7 Å². The van der Waals surface area contributed by atoms with Crippen LogP contribution in [0.3, 0.4) is 0 Å². The lowest BCUT2D eigenvalue weighted by atomic mass is 9.95. The Kier molecular flexibility index (Phi) is 6.75. The second kappa shape index (κ2) is 8.60. The molecule has 1 fully saturated rings. The van der Waals surface area contributed by atoms with Crippen molar-refractivity contribution in [2.75, 3.05) is 25.4 Å². The summed E-state index contributed by atoms with van der Waals surface area (Å²) >= 11 is 1.59. The molecule has 1 aliphatic rings. The Morgan fingerprint density at radius 3 is 2.48 bits per heavy atom. The van der Waals surface area contributed by atoms with E-state index < -0.39 is 24.5 Å². The SMILES string of the molecule is CCSc1ccccc1C(=O)N1CCC(C(=O)NCC(F)(F)F)CC1. The fourth-order valence-electron chi connectivity index (χ4n) is 2.77. The average molecular weight is 374 g/mol. The highest BCUT2D eigenvalue weighted by atomic mass is 32.2. The van der Waals surface area contributed by atoms with Crippen LogP contribution in [0.2, 0.25) is 0 Å². The first-order valence-corrected chi connectivity index (χ1v) is 9.16. The molecule has 1 N–H and O–H groups in total. The Hall–Kier alpha value is -1.70. The number of likely N-dealkylation sites (tertiary alicyclic amines) is 1. The number of carbonyl (C=O) groups is 2. The molecule has 1 aromatic carbocycles. The molecule has 0 spiro atoms. The zero-order valence-corrected chi connectivity index (χ0v) is 14.8. The number of nitrogens with one attached hydrogen (secondary N) is 1. The molecule has 1 heterocycles. The molecule has 0 radical (unpaired) electrons.